The Kier molecular flexibility index (Phi) is 3.88. The molecule has 0 aromatic rings. The van der Waals surface area contributed by atoms with Crippen molar-refractivity contribution in [1.29, 1.82) is 0 Å². The summed E-state index contributed by atoms with van der Waals surface area (Å²) in [5.41, 5.74) is 0.229. The molecule has 1 unspecified atom stereocenters. The Bertz CT molecular complexity index is 304. The number of ether oxygens (including phenoxy) is 1. The van der Waals surface area contributed by atoms with Crippen LogP contribution in [-0.4, -0.2) is 23.5 Å². The zero-order valence-electron chi connectivity index (χ0n) is 9.08. The molecule has 4 heteroatoms. The molecule has 1 rings (SSSR count). The SMILES string of the molecule is CCOC(=O)/C(O)=C1\CCCC(C)C1=O. The summed E-state index contributed by atoms with van der Waals surface area (Å²) >= 11 is 0. The summed E-state index contributed by atoms with van der Waals surface area (Å²) in [4.78, 5) is 22.9. The molecule has 0 aliphatic heterocycles. The zero-order chi connectivity index (χ0) is 11.4. The highest BCUT2D eigenvalue weighted by Crippen LogP contribution is 2.26. The van der Waals surface area contributed by atoms with E-state index in [9.17, 15) is 14.7 Å². The first kappa shape index (κ1) is 11.8. The van der Waals surface area contributed by atoms with Crippen molar-refractivity contribution in [3.63, 3.8) is 0 Å². The molecule has 0 bridgehead atoms. The molecule has 0 aromatic heterocycles. The van der Waals surface area contributed by atoms with Gasteiger partial charge in [0.05, 0.1) is 6.61 Å². The lowest BCUT2D eigenvalue weighted by atomic mass is 9.85. The molecule has 1 fully saturated rings. The van der Waals surface area contributed by atoms with Crippen molar-refractivity contribution in [3.05, 3.63) is 11.3 Å². The van der Waals surface area contributed by atoms with E-state index in [1.807, 2.05) is 0 Å². The smallest absolute Gasteiger partial charge is 0.373 e. The monoisotopic (exact) mass is 212 g/mol. The third-order valence-corrected chi connectivity index (χ3v) is 2.56. The summed E-state index contributed by atoms with van der Waals surface area (Å²) in [5, 5.41) is 9.55. The molecule has 1 saturated carbocycles. The lowest BCUT2D eigenvalue weighted by molar-refractivity contribution is -0.142. The number of allylic oxidation sites excluding steroid dienone is 1. The van der Waals surface area contributed by atoms with E-state index < -0.39 is 11.7 Å². The van der Waals surface area contributed by atoms with Gasteiger partial charge in [0.1, 0.15) is 0 Å². The number of aliphatic hydroxyl groups is 1. The zero-order valence-corrected chi connectivity index (χ0v) is 9.08. The van der Waals surface area contributed by atoms with Crippen LogP contribution in [0.5, 0.6) is 0 Å². The molecular weight excluding hydrogens is 196 g/mol. The average molecular weight is 212 g/mol. The van der Waals surface area contributed by atoms with Gasteiger partial charge in [0.2, 0.25) is 5.76 Å². The minimum absolute atomic E-state index is 0.106. The molecule has 0 heterocycles. The van der Waals surface area contributed by atoms with Gasteiger partial charge in [-0.2, -0.15) is 0 Å². The van der Waals surface area contributed by atoms with Crippen molar-refractivity contribution in [1.82, 2.24) is 0 Å². The number of hydrogen-bond acceptors (Lipinski definition) is 4. The molecule has 0 radical (unpaired) electrons. The van der Waals surface area contributed by atoms with Gasteiger partial charge in [0, 0.05) is 11.5 Å². The maximum Gasteiger partial charge on any atom is 0.373 e. The predicted octanol–water partition coefficient (Wildman–Crippen LogP) is 1.75. The van der Waals surface area contributed by atoms with Crippen molar-refractivity contribution in [3.8, 4) is 0 Å². The maximum absolute atomic E-state index is 11.6. The van der Waals surface area contributed by atoms with Crippen molar-refractivity contribution in [2.24, 2.45) is 5.92 Å². The molecule has 0 spiro atoms. The van der Waals surface area contributed by atoms with Crippen molar-refractivity contribution in [2.75, 3.05) is 6.61 Å². The fraction of sp³-hybridized carbons (Fsp3) is 0.636. The third kappa shape index (κ3) is 2.58. The van der Waals surface area contributed by atoms with Gasteiger partial charge in [-0.15, -0.1) is 0 Å². The van der Waals surface area contributed by atoms with Crippen LogP contribution >= 0.6 is 0 Å². The number of aliphatic hydroxyl groups excluding tert-OH is 1. The van der Waals surface area contributed by atoms with E-state index in [0.717, 1.165) is 12.8 Å². The van der Waals surface area contributed by atoms with Gasteiger partial charge in [-0.3, -0.25) is 4.79 Å². The quantitative estimate of drug-likeness (QED) is 0.430. The van der Waals surface area contributed by atoms with Crippen LogP contribution in [0, 0.1) is 5.92 Å². The van der Waals surface area contributed by atoms with Crippen LogP contribution in [0.15, 0.2) is 11.3 Å². The summed E-state index contributed by atoms with van der Waals surface area (Å²) in [7, 11) is 0. The molecular formula is C11H16O4. The van der Waals surface area contributed by atoms with E-state index in [1.165, 1.54) is 0 Å². The van der Waals surface area contributed by atoms with Crippen LogP contribution in [0.4, 0.5) is 0 Å². The molecule has 1 aliphatic rings. The van der Waals surface area contributed by atoms with Crippen LogP contribution in [-0.2, 0) is 14.3 Å². The highest BCUT2D eigenvalue weighted by molar-refractivity contribution is 6.03. The van der Waals surface area contributed by atoms with E-state index in [2.05, 4.69) is 4.74 Å². The van der Waals surface area contributed by atoms with E-state index in [1.54, 1.807) is 13.8 Å². The van der Waals surface area contributed by atoms with Crippen LogP contribution in [0.25, 0.3) is 0 Å². The number of hydrogen-bond donors (Lipinski definition) is 1. The molecule has 1 atom stereocenters. The van der Waals surface area contributed by atoms with E-state index in [4.69, 9.17) is 0 Å². The van der Waals surface area contributed by atoms with E-state index in [-0.39, 0.29) is 23.9 Å². The molecule has 15 heavy (non-hydrogen) atoms. The van der Waals surface area contributed by atoms with Gasteiger partial charge in [0.15, 0.2) is 5.78 Å². The molecule has 84 valence electrons. The molecule has 0 aromatic carbocycles. The standard InChI is InChI=1S/C11H16O4/c1-3-15-11(14)10(13)8-6-4-5-7(2)9(8)12/h7,13H,3-6H2,1-2H3/b10-8-. The normalized spacial score (nSPS) is 24.9. The summed E-state index contributed by atoms with van der Waals surface area (Å²) in [6.07, 6.45) is 2.11. The highest BCUT2D eigenvalue weighted by atomic mass is 16.5. The maximum atomic E-state index is 11.6. The van der Waals surface area contributed by atoms with Crippen LogP contribution < -0.4 is 0 Å². The van der Waals surface area contributed by atoms with E-state index >= 15 is 0 Å². The third-order valence-electron chi connectivity index (χ3n) is 2.56. The first-order valence-electron chi connectivity index (χ1n) is 5.21. The molecule has 0 saturated heterocycles. The van der Waals surface area contributed by atoms with Gasteiger partial charge in [-0.05, 0) is 26.2 Å². The summed E-state index contributed by atoms with van der Waals surface area (Å²) in [5.74, 6) is -1.54. The Morgan fingerprint density at radius 3 is 2.87 bits per heavy atom. The summed E-state index contributed by atoms with van der Waals surface area (Å²) in [6, 6.07) is 0. The number of ketones is 1. The first-order chi connectivity index (χ1) is 7.07. The summed E-state index contributed by atoms with van der Waals surface area (Å²) in [6.45, 7) is 3.65. The Morgan fingerprint density at radius 1 is 1.60 bits per heavy atom. The number of Topliss-reactive ketones (excluding diaryl/α,β-unsaturated/α-hetero) is 1. The van der Waals surface area contributed by atoms with Crippen LogP contribution in [0.2, 0.25) is 0 Å². The Balaban J connectivity index is 2.87. The summed E-state index contributed by atoms with van der Waals surface area (Å²) < 4.78 is 4.64. The van der Waals surface area contributed by atoms with Gasteiger partial charge >= 0.3 is 5.97 Å². The molecule has 1 aliphatic carbocycles. The minimum Gasteiger partial charge on any atom is -0.502 e. The second-order valence-corrected chi connectivity index (χ2v) is 3.71. The van der Waals surface area contributed by atoms with Gasteiger partial charge < -0.3 is 9.84 Å². The average Bonchev–Trinajstić information content (AvgIpc) is 2.21. The minimum atomic E-state index is -0.796. The number of rotatable bonds is 2. The largest absolute Gasteiger partial charge is 0.502 e. The fourth-order valence-corrected chi connectivity index (χ4v) is 1.69. The number of carbonyl (C=O) groups excluding carboxylic acids is 2. The highest BCUT2D eigenvalue weighted by Gasteiger charge is 2.28. The lowest BCUT2D eigenvalue weighted by Gasteiger charge is -2.19. The van der Waals surface area contributed by atoms with Gasteiger partial charge in [-0.1, -0.05) is 6.92 Å². The Morgan fingerprint density at radius 2 is 2.27 bits per heavy atom. The van der Waals surface area contributed by atoms with Crippen molar-refractivity contribution >= 4 is 11.8 Å². The molecule has 4 nitrogen and oxygen atoms in total. The second kappa shape index (κ2) is 4.96. The van der Waals surface area contributed by atoms with Crippen molar-refractivity contribution in [2.45, 2.75) is 33.1 Å². The molecule has 0 amide bonds. The number of carbonyl (C=O) groups is 2. The van der Waals surface area contributed by atoms with Crippen LogP contribution in [0.1, 0.15) is 33.1 Å². The molecule has 1 N–H and O–H groups in total. The van der Waals surface area contributed by atoms with Crippen LogP contribution in [0.3, 0.4) is 0 Å². The lowest BCUT2D eigenvalue weighted by Crippen LogP contribution is -2.23. The first-order valence-corrected chi connectivity index (χ1v) is 5.21. The topological polar surface area (TPSA) is 63.6 Å². The Labute approximate surface area is 88.9 Å². The fourth-order valence-electron chi connectivity index (χ4n) is 1.69. The Hall–Kier alpha value is -1.32. The second-order valence-electron chi connectivity index (χ2n) is 3.71. The number of esters is 1. The predicted molar refractivity (Wildman–Crippen MR) is 54.3 cm³/mol. The van der Waals surface area contributed by atoms with Crippen molar-refractivity contribution < 1.29 is 19.4 Å². The van der Waals surface area contributed by atoms with E-state index in [0.29, 0.717) is 6.42 Å². The van der Waals surface area contributed by atoms with Gasteiger partial charge in [-0.25, -0.2) is 4.79 Å². The van der Waals surface area contributed by atoms with Gasteiger partial charge in [0.25, 0.3) is 0 Å².